The van der Waals surface area contributed by atoms with Crippen LogP contribution < -0.4 is 10.2 Å². The van der Waals surface area contributed by atoms with Crippen LogP contribution in [-0.2, 0) is 27.6 Å². The minimum absolute atomic E-state index is 0.138. The number of hydrogen-bond acceptors (Lipinski definition) is 6. The Morgan fingerprint density at radius 2 is 1.82 bits per heavy atom. The first-order valence-corrected chi connectivity index (χ1v) is 11.1. The lowest BCUT2D eigenvalue weighted by molar-refractivity contribution is -0.120. The van der Waals surface area contributed by atoms with Gasteiger partial charge in [-0.3, -0.25) is 4.79 Å². The number of carbonyl (C=O) groups is 1. The molecular formula is C20H26N4O3S. The van der Waals surface area contributed by atoms with Gasteiger partial charge in [-0.05, 0) is 50.5 Å². The first kappa shape index (κ1) is 20.3. The third-order valence-corrected chi connectivity index (χ3v) is 6.96. The van der Waals surface area contributed by atoms with Gasteiger partial charge in [0.25, 0.3) is 0 Å². The van der Waals surface area contributed by atoms with Crippen LogP contribution in [0.15, 0.2) is 41.4 Å². The second-order valence-corrected chi connectivity index (χ2v) is 9.74. The van der Waals surface area contributed by atoms with Gasteiger partial charge in [-0.25, -0.2) is 18.4 Å². The predicted octanol–water partition coefficient (Wildman–Crippen LogP) is 2.12. The normalized spacial score (nSPS) is 14.5. The molecule has 2 aromatic rings. The first-order chi connectivity index (χ1) is 13.4. The summed E-state index contributed by atoms with van der Waals surface area (Å²) in [7, 11) is -3.30. The van der Waals surface area contributed by atoms with E-state index in [9.17, 15) is 13.2 Å². The van der Waals surface area contributed by atoms with Crippen molar-refractivity contribution in [2.45, 2.75) is 49.8 Å². The molecule has 7 nitrogen and oxygen atoms in total. The molecule has 1 aliphatic rings. The van der Waals surface area contributed by atoms with Gasteiger partial charge in [-0.2, -0.15) is 0 Å². The molecule has 1 saturated heterocycles. The molecule has 0 atom stereocenters. The molecule has 0 aliphatic carbocycles. The number of rotatable bonds is 7. The van der Waals surface area contributed by atoms with Crippen molar-refractivity contribution >= 4 is 21.7 Å². The Hall–Kier alpha value is -2.48. The van der Waals surface area contributed by atoms with Gasteiger partial charge in [-0.15, -0.1) is 0 Å². The fraction of sp³-hybridized carbons (Fsp3) is 0.450. The molecule has 0 bridgehead atoms. The third kappa shape index (κ3) is 4.86. The maximum Gasteiger partial charge on any atom is 0.225 e. The lowest BCUT2D eigenvalue weighted by atomic mass is 10.1. The number of nitrogens with one attached hydrogen (secondary N) is 1. The monoisotopic (exact) mass is 402 g/mol. The summed E-state index contributed by atoms with van der Waals surface area (Å²) >= 11 is 0. The van der Waals surface area contributed by atoms with Crippen molar-refractivity contribution in [1.29, 1.82) is 0 Å². The highest BCUT2D eigenvalue weighted by molar-refractivity contribution is 7.92. The fourth-order valence-electron chi connectivity index (χ4n) is 3.06. The highest BCUT2D eigenvalue weighted by Crippen LogP contribution is 2.17. The molecule has 0 unspecified atom stereocenters. The summed E-state index contributed by atoms with van der Waals surface area (Å²) in [4.78, 5) is 23.5. The molecule has 1 N–H and O–H groups in total. The van der Waals surface area contributed by atoms with E-state index >= 15 is 0 Å². The third-order valence-electron chi connectivity index (χ3n) is 4.79. The topological polar surface area (TPSA) is 92.3 Å². The zero-order valence-electron chi connectivity index (χ0n) is 16.3. The van der Waals surface area contributed by atoms with Crippen molar-refractivity contribution in [3.8, 4) is 0 Å². The molecule has 1 aromatic carbocycles. The molecule has 1 aromatic heterocycles. The van der Waals surface area contributed by atoms with Gasteiger partial charge in [-0.1, -0.05) is 12.1 Å². The number of carbonyl (C=O) groups excluding carboxylic acids is 1. The van der Waals surface area contributed by atoms with Gasteiger partial charge >= 0.3 is 0 Å². The average molecular weight is 403 g/mol. The molecule has 1 fully saturated rings. The van der Waals surface area contributed by atoms with E-state index in [1.165, 1.54) is 0 Å². The molecule has 0 spiro atoms. The van der Waals surface area contributed by atoms with Crippen LogP contribution >= 0.6 is 0 Å². The molecule has 8 heteroatoms. The van der Waals surface area contributed by atoms with Gasteiger partial charge in [0, 0.05) is 19.3 Å². The van der Waals surface area contributed by atoms with E-state index < -0.39 is 15.1 Å². The number of hydrogen-bond donors (Lipinski definition) is 1. The standard InChI is InChI=1S/C20H26N4O3S/c1-15(2)28(26,27)18-7-5-16(6-8-18)13-19(25)22-14-17-9-10-21-20(23-17)24-11-3-4-12-24/h5-10,15H,3-4,11-14H2,1-2H3,(H,22,25). The van der Waals surface area contributed by atoms with E-state index in [0.717, 1.165) is 37.2 Å². The van der Waals surface area contributed by atoms with Crippen LogP contribution in [0.5, 0.6) is 0 Å². The highest BCUT2D eigenvalue weighted by atomic mass is 32.2. The van der Waals surface area contributed by atoms with Crippen LogP contribution in [0.2, 0.25) is 0 Å². The summed E-state index contributed by atoms with van der Waals surface area (Å²) in [5.74, 6) is 0.576. The van der Waals surface area contributed by atoms with Crippen molar-refractivity contribution < 1.29 is 13.2 Å². The van der Waals surface area contributed by atoms with E-state index in [2.05, 4.69) is 20.2 Å². The minimum Gasteiger partial charge on any atom is -0.350 e. The van der Waals surface area contributed by atoms with Crippen LogP contribution in [0, 0.1) is 0 Å². The Balaban J connectivity index is 1.55. The van der Waals surface area contributed by atoms with Crippen molar-refractivity contribution in [3.63, 3.8) is 0 Å². The van der Waals surface area contributed by atoms with Gasteiger partial charge in [0.15, 0.2) is 9.84 Å². The summed E-state index contributed by atoms with van der Waals surface area (Å²) in [6.45, 7) is 5.58. The Bertz CT molecular complexity index is 921. The number of anilines is 1. The van der Waals surface area contributed by atoms with Crippen LogP contribution in [0.1, 0.15) is 37.9 Å². The maximum atomic E-state index is 12.2. The minimum atomic E-state index is -3.30. The number of nitrogens with zero attached hydrogens (tertiary/aromatic N) is 3. The Morgan fingerprint density at radius 1 is 1.14 bits per heavy atom. The second kappa shape index (κ2) is 8.68. The molecule has 0 saturated carbocycles. The summed E-state index contributed by atoms with van der Waals surface area (Å²) < 4.78 is 24.3. The molecule has 28 heavy (non-hydrogen) atoms. The van der Waals surface area contributed by atoms with E-state index in [0.29, 0.717) is 12.5 Å². The quantitative estimate of drug-likeness (QED) is 0.763. The van der Waals surface area contributed by atoms with E-state index in [1.54, 1.807) is 50.4 Å². The largest absolute Gasteiger partial charge is 0.350 e. The molecule has 0 radical (unpaired) electrons. The molecule has 3 rings (SSSR count). The zero-order chi connectivity index (χ0) is 20.1. The van der Waals surface area contributed by atoms with Gasteiger partial charge in [0.2, 0.25) is 11.9 Å². The van der Waals surface area contributed by atoms with E-state index in [-0.39, 0.29) is 17.2 Å². The molecule has 2 heterocycles. The Kier molecular flexibility index (Phi) is 6.28. The number of amides is 1. The molecular weight excluding hydrogens is 376 g/mol. The SMILES string of the molecule is CC(C)S(=O)(=O)c1ccc(CC(=O)NCc2ccnc(N3CCCC3)n2)cc1. The second-order valence-electron chi connectivity index (χ2n) is 7.23. The summed E-state index contributed by atoms with van der Waals surface area (Å²) in [6.07, 6.45) is 4.21. The van der Waals surface area contributed by atoms with Crippen molar-refractivity contribution in [2.75, 3.05) is 18.0 Å². The summed E-state index contributed by atoms with van der Waals surface area (Å²) in [6, 6.07) is 8.29. The van der Waals surface area contributed by atoms with Crippen LogP contribution in [0.3, 0.4) is 0 Å². The Labute approximate surface area is 166 Å². The predicted molar refractivity (Wildman–Crippen MR) is 108 cm³/mol. The van der Waals surface area contributed by atoms with Crippen molar-refractivity contribution in [2.24, 2.45) is 0 Å². The van der Waals surface area contributed by atoms with E-state index in [1.807, 2.05) is 0 Å². The first-order valence-electron chi connectivity index (χ1n) is 9.52. The lowest BCUT2D eigenvalue weighted by Gasteiger charge is -2.15. The zero-order valence-corrected chi connectivity index (χ0v) is 17.1. The lowest BCUT2D eigenvalue weighted by Crippen LogP contribution is -2.26. The molecule has 1 amide bonds. The van der Waals surface area contributed by atoms with Gasteiger partial charge in [0.1, 0.15) is 0 Å². The highest BCUT2D eigenvalue weighted by Gasteiger charge is 2.19. The molecule has 1 aliphatic heterocycles. The Morgan fingerprint density at radius 3 is 2.46 bits per heavy atom. The number of benzene rings is 1. The van der Waals surface area contributed by atoms with Gasteiger partial charge in [0.05, 0.1) is 28.8 Å². The maximum absolute atomic E-state index is 12.2. The molecule has 150 valence electrons. The number of aromatic nitrogens is 2. The average Bonchev–Trinajstić information content (AvgIpc) is 3.22. The summed E-state index contributed by atoms with van der Waals surface area (Å²) in [5, 5.41) is 2.39. The van der Waals surface area contributed by atoms with Gasteiger partial charge < -0.3 is 10.2 Å². The van der Waals surface area contributed by atoms with Crippen molar-refractivity contribution in [3.05, 3.63) is 47.8 Å². The van der Waals surface area contributed by atoms with Crippen LogP contribution in [0.25, 0.3) is 0 Å². The smallest absolute Gasteiger partial charge is 0.225 e. The van der Waals surface area contributed by atoms with Crippen LogP contribution in [-0.4, -0.2) is 42.6 Å². The number of sulfone groups is 1. The van der Waals surface area contributed by atoms with E-state index in [4.69, 9.17) is 0 Å². The summed E-state index contributed by atoms with van der Waals surface area (Å²) in [5.41, 5.74) is 1.53. The van der Waals surface area contributed by atoms with Crippen LogP contribution in [0.4, 0.5) is 5.95 Å². The fourth-order valence-corrected chi connectivity index (χ4v) is 4.12. The van der Waals surface area contributed by atoms with Crippen molar-refractivity contribution in [1.82, 2.24) is 15.3 Å².